The van der Waals surface area contributed by atoms with Crippen molar-refractivity contribution in [1.82, 2.24) is 4.98 Å². The first-order valence-electron chi connectivity index (χ1n) is 8.18. The van der Waals surface area contributed by atoms with Gasteiger partial charge in [0.15, 0.2) is 0 Å². The van der Waals surface area contributed by atoms with Crippen LogP contribution in [0.15, 0.2) is 53.5 Å². The van der Waals surface area contributed by atoms with Crippen LogP contribution in [0.4, 0.5) is 5.69 Å². The number of benzene rings is 2. The molecule has 1 amide bonds. The highest BCUT2D eigenvalue weighted by Crippen LogP contribution is 2.18. The number of nitrogens with one attached hydrogen (secondary N) is 2. The molecule has 0 radical (unpaired) electrons. The van der Waals surface area contributed by atoms with Crippen molar-refractivity contribution < 1.29 is 23.9 Å². The fraction of sp³-hybridized carbons (Fsp3) is 0.100. The number of rotatable bonds is 4. The number of pyridine rings is 1. The molecule has 0 aliphatic heterocycles. The molecule has 0 fully saturated rings. The molecule has 3 rings (SSSR count). The molecule has 0 bridgehead atoms. The highest BCUT2D eigenvalue weighted by Gasteiger charge is 2.17. The molecule has 0 aliphatic carbocycles. The third-order valence-electron chi connectivity index (χ3n) is 4.07. The van der Waals surface area contributed by atoms with E-state index in [1.807, 2.05) is 0 Å². The third kappa shape index (κ3) is 3.61. The Balaban J connectivity index is 2.00. The van der Waals surface area contributed by atoms with Crippen molar-refractivity contribution in [3.05, 3.63) is 75.6 Å². The molecule has 3 aromatic rings. The second-order valence-electron chi connectivity index (χ2n) is 5.81. The quantitative estimate of drug-likeness (QED) is 0.672. The number of ether oxygens (including phenoxy) is 2. The Morgan fingerprint density at radius 3 is 2.14 bits per heavy atom. The Hall–Kier alpha value is -3.94. The minimum absolute atomic E-state index is 0.0492. The number of carbonyl (C=O) groups is 3. The summed E-state index contributed by atoms with van der Waals surface area (Å²) in [5.74, 6) is -2.07. The van der Waals surface area contributed by atoms with Crippen molar-refractivity contribution in [1.29, 1.82) is 0 Å². The summed E-state index contributed by atoms with van der Waals surface area (Å²) in [6, 6.07) is 10.8. The van der Waals surface area contributed by atoms with Crippen molar-refractivity contribution in [3.63, 3.8) is 0 Å². The molecular formula is C20H16N2O6. The van der Waals surface area contributed by atoms with Gasteiger partial charge in [-0.2, -0.15) is 0 Å². The molecule has 1 aromatic heterocycles. The van der Waals surface area contributed by atoms with Crippen molar-refractivity contribution >= 4 is 34.4 Å². The highest BCUT2D eigenvalue weighted by atomic mass is 16.5. The predicted molar refractivity (Wildman–Crippen MR) is 102 cm³/mol. The smallest absolute Gasteiger partial charge is 0.337 e. The summed E-state index contributed by atoms with van der Waals surface area (Å²) in [7, 11) is 2.39. The van der Waals surface area contributed by atoms with Crippen LogP contribution in [0.5, 0.6) is 0 Å². The van der Waals surface area contributed by atoms with Gasteiger partial charge in [0.1, 0.15) is 5.56 Å². The van der Waals surface area contributed by atoms with Crippen LogP contribution in [0.25, 0.3) is 10.9 Å². The monoisotopic (exact) mass is 380 g/mol. The molecule has 1 heterocycles. The standard InChI is InChI=1S/C20H16N2O6/c1-27-19(25)11-7-12(20(26)28-2)9-13(8-11)22-18(24)15-10-21-16-6-4-3-5-14(16)17(15)23/h3-10H,1-2H3,(H,21,23)(H,22,24). The number of esters is 2. The number of aromatic amines is 1. The molecule has 28 heavy (non-hydrogen) atoms. The molecule has 2 N–H and O–H groups in total. The van der Waals surface area contributed by atoms with E-state index >= 15 is 0 Å². The third-order valence-corrected chi connectivity index (χ3v) is 4.07. The molecule has 0 spiro atoms. The zero-order valence-electron chi connectivity index (χ0n) is 15.1. The van der Waals surface area contributed by atoms with Gasteiger partial charge in [-0.05, 0) is 30.3 Å². The molecule has 0 atom stereocenters. The maximum atomic E-state index is 12.6. The fourth-order valence-electron chi connectivity index (χ4n) is 2.71. The Labute approximate surface area is 159 Å². The Bertz CT molecular complexity index is 1110. The number of amides is 1. The lowest BCUT2D eigenvalue weighted by atomic mass is 10.1. The summed E-state index contributed by atoms with van der Waals surface area (Å²) in [6.07, 6.45) is 1.31. The molecule has 8 nitrogen and oxygen atoms in total. The average molecular weight is 380 g/mol. The SMILES string of the molecule is COC(=O)c1cc(NC(=O)c2c[nH]c3ccccc3c2=O)cc(C(=O)OC)c1. The van der Waals surface area contributed by atoms with E-state index in [4.69, 9.17) is 0 Å². The molecule has 0 saturated carbocycles. The van der Waals surface area contributed by atoms with E-state index in [0.717, 1.165) is 0 Å². The van der Waals surface area contributed by atoms with Crippen LogP contribution in [0.1, 0.15) is 31.1 Å². The predicted octanol–water partition coefficient (Wildman–Crippen LogP) is 2.35. The number of anilines is 1. The van der Waals surface area contributed by atoms with Crippen molar-refractivity contribution in [3.8, 4) is 0 Å². The number of hydrogen-bond acceptors (Lipinski definition) is 6. The number of para-hydroxylation sites is 1. The summed E-state index contributed by atoms with van der Waals surface area (Å²) >= 11 is 0. The second-order valence-corrected chi connectivity index (χ2v) is 5.81. The average Bonchev–Trinajstić information content (AvgIpc) is 2.72. The van der Waals surface area contributed by atoms with E-state index in [0.29, 0.717) is 10.9 Å². The van der Waals surface area contributed by atoms with Crippen LogP contribution in [-0.2, 0) is 9.47 Å². The summed E-state index contributed by atoms with van der Waals surface area (Å²) in [5.41, 5.74) is 0.290. The summed E-state index contributed by atoms with van der Waals surface area (Å²) < 4.78 is 9.32. The van der Waals surface area contributed by atoms with Gasteiger partial charge in [0, 0.05) is 22.8 Å². The number of carbonyl (C=O) groups excluding carboxylic acids is 3. The maximum absolute atomic E-state index is 12.6. The number of fused-ring (bicyclic) bond motifs is 1. The van der Waals surface area contributed by atoms with E-state index in [1.165, 1.54) is 38.6 Å². The lowest BCUT2D eigenvalue weighted by Gasteiger charge is -2.10. The lowest BCUT2D eigenvalue weighted by Crippen LogP contribution is -2.22. The molecule has 0 unspecified atom stereocenters. The van der Waals surface area contributed by atoms with E-state index < -0.39 is 23.3 Å². The van der Waals surface area contributed by atoms with Crippen LogP contribution in [0.2, 0.25) is 0 Å². The van der Waals surface area contributed by atoms with Gasteiger partial charge in [-0.25, -0.2) is 9.59 Å². The van der Waals surface area contributed by atoms with Crippen LogP contribution < -0.4 is 10.7 Å². The minimum Gasteiger partial charge on any atom is -0.465 e. The van der Waals surface area contributed by atoms with Gasteiger partial charge in [0.25, 0.3) is 5.91 Å². The maximum Gasteiger partial charge on any atom is 0.337 e. The van der Waals surface area contributed by atoms with Gasteiger partial charge in [-0.1, -0.05) is 12.1 Å². The van der Waals surface area contributed by atoms with Gasteiger partial charge in [0.2, 0.25) is 5.43 Å². The molecule has 0 saturated heterocycles. The van der Waals surface area contributed by atoms with Crippen LogP contribution in [0, 0.1) is 0 Å². The van der Waals surface area contributed by atoms with Gasteiger partial charge < -0.3 is 19.8 Å². The Morgan fingerprint density at radius 1 is 0.929 bits per heavy atom. The number of hydrogen-bond donors (Lipinski definition) is 2. The van der Waals surface area contributed by atoms with Gasteiger partial charge in [-0.15, -0.1) is 0 Å². The first-order chi connectivity index (χ1) is 13.4. The molecule has 142 valence electrons. The van der Waals surface area contributed by atoms with Gasteiger partial charge >= 0.3 is 11.9 Å². The van der Waals surface area contributed by atoms with E-state index in [9.17, 15) is 19.2 Å². The normalized spacial score (nSPS) is 10.4. The first kappa shape index (κ1) is 18.8. The van der Waals surface area contributed by atoms with E-state index in [2.05, 4.69) is 19.8 Å². The zero-order chi connectivity index (χ0) is 20.3. The Morgan fingerprint density at radius 2 is 1.54 bits per heavy atom. The number of methoxy groups -OCH3 is 2. The summed E-state index contributed by atoms with van der Waals surface area (Å²) in [5, 5.41) is 2.90. The Kier molecular flexibility index (Phi) is 5.21. The first-order valence-corrected chi connectivity index (χ1v) is 8.18. The van der Waals surface area contributed by atoms with E-state index in [1.54, 1.807) is 24.3 Å². The summed E-state index contributed by atoms with van der Waals surface area (Å²) in [6.45, 7) is 0. The topological polar surface area (TPSA) is 115 Å². The fourth-order valence-corrected chi connectivity index (χ4v) is 2.71. The lowest BCUT2D eigenvalue weighted by molar-refractivity contribution is 0.0599. The van der Waals surface area contributed by atoms with Crippen molar-refractivity contribution in [2.24, 2.45) is 0 Å². The largest absolute Gasteiger partial charge is 0.465 e. The van der Waals surface area contributed by atoms with Crippen molar-refractivity contribution in [2.75, 3.05) is 19.5 Å². The molecular weight excluding hydrogens is 364 g/mol. The molecule has 0 aliphatic rings. The zero-order valence-corrected chi connectivity index (χ0v) is 15.1. The van der Waals surface area contributed by atoms with Crippen LogP contribution in [0.3, 0.4) is 0 Å². The molecule has 8 heteroatoms. The number of aromatic nitrogens is 1. The molecule has 2 aromatic carbocycles. The minimum atomic E-state index is -0.690. The second kappa shape index (κ2) is 7.75. The van der Waals surface area contributed by atoms with Gasteiger partial charge in [0.05, 0.1) is 25.3 Å². The van der Waals surface area contributed by atoms with Crippen LogP contribution in [-0.4, -0.2) is 37.0 Å². The highest BCUT2D eigenvalue weighted by molar-refractivity contribution is 6.07. The van der Waals surface area contributed by atoms with E-state index in [-0.39, 0.29) is 22.4 Å². The number of H-pyrrole nitrogens is 1. The summed E-state index contributed by atoms with van der Waals surface area (Å²) in [4.78, 5) is 51.8. The van der Waals surface area contributed by atoms with Crippen molar-refractivity contribution in [2.45, 2.75) is 0 Å². The van der Waals surface area contributed by atoms with Gasteiger partial charge in [-0.3, -0.25) is 9.59 Å². The van der Waals surface area contributed by atoms with Crippen LogP contribution >= 0.6 is 0 Å².